The van der Waals surface area contributed by atoms with Crippen LogP contribution >= 0.6 is 15.9 Å². The molecule has 3 heteroatoms. The van der Waals surface area contributed by atoms with Gasteiger partial charge in [-0.05, 0) is 46.8 Å². The van der Waals surface area contributed by atoms with E-state index >= 15 is 0 Å². The molecule has 1 fully saturated rings. The SMILES string of the molecule is C=C[C@@]1(O)CCCC[C@@]1(C)Cc1cccnc1Br. The predicted octanol–water partition coefficient (Wildman–Crippen LogP) is 3.88. The first kappa shape index (κ1) is 13.8. The Balaban J connectivity index is 2.30. The van der Waals surface area contributed by atoms with Crippen LogP contribution in [0.25, 0.3) is 0 Å². The Labute approximate surface area is 117 Å². The van der Waals surface area contributed by atoms with Crippen LogP contribution in [0, 0.1) is 5.41 Å². The van der Waals surface area contributed by atoms with Gasteiger partial charge >= 0.3 is 0 Å². The van der Waals surface area contributed by atoms with Crippen molar-refractivity contribution < 1.29 is 5.11 Å². The first-order valence-corrected chi connectivity index (χ1v) is 7.25. The summed E-state index contributed by atoms with van der Waals surface area (Å²) in [5.74, 6) is 0. The zero-order chi connectivity index (χ0) is 13.2. The molecule has 0 amide bonds. The van der Waals surface area contributed by atoms with Gasteiger partial charge in [0.1, 0.15) is 4.60 Å². The molecule has 1 N–H and O–H groups in total. The van der Waals surface area contributed by atoms with E-state index < -0.39 is 5.60 Å². The molecule has 0 unspecified atom stereocenters. The summed E-state index contributed by atoms with van der Waals surface area (Å²) in [5, 5.41) is 10.8. The van der Waals surface area contributed by atoms with Gasteiger partial charge in [-0.25, -0.2) is 4.98 Å². The Morgan fingerprint density at radius 2 is 2.22 bits per heavy atom. The average molecular weight is 310 g/mol. The third-order valence-corrected chi connectivity index (χ3v) is 5.05. The van der Waals surface area contributed by atoms with Gasteiger partial charge in [-0.3, -0.25) is 0 Å². The number of aliphatic hydroxyl groups is 1. The van der Waals surface area contributed by atoms with E-state index in [-0.39, 0.29) is 5.41 Å². The summed E-state index contributed by atoms with van der Waals surface area (Å²) in [6, 6.07) is 4.01. The van der Waals surface area contributed by atoms with Crippen molar-refractivity contribution in [2.45, 2.75) is 44.6 Å². The maximum atomic E-state index is 10.8. The number of rotatable bonds is 3. The fourth-order valence-electron chi connectivity index (χ4n) is 2.99. The van der Waals surface area contributed by atoms with Gasteiger partial charge in [0.25, 0.3) is 0 Å². The Morgan fingerprint density at radius 3 is 2.89 bits per heavy atom. The molecule has 1 aromatic heterocycles. The lowest BCUT2D eigenvalue weighted by Crippen LogP contribution is -2.48. The van der Waals surface area contributed by atoms with Gasteiger partial charge in [-0.1, -0.05) is 31.9 Å². The van der Waals surface area contributed by atoms with Crippen molar-refractivity contribution >= 4 is 15.9 Å². The quantitative estimate of drug-likeness (QED) is 0.679. The van der Waals surface area contributed by atoms with Gasteiger partial charge < -0.3 is 5.11 Å². The van der Waals surface area contributed by atoms with Crippen molar-refractivity contribution in [3.8, 4) is 0 Å². The minimum atomic E-state index is -0.763. The molecule has 98 valence electrons. The molecule has 1 heterocycles. The highest BCUT2D eigenvalue weighted by atomic mass is 79.9. The van der Waals surface area contributed by atoms with Crippen LogP contribution in [0.3, 0.4) is 0 Å². The number of hydrogen-bond donors (Lipinski definition) is 1. The largest absolute Gasteiger partial charge is 0.385 e. The van der Waals surface area contributed by atoms with Crippen molar-refractivity contribution in [3.05, 3.63) is 41.2 Å². The number of nitrogens with zero attached hydrogens (tertiary/aromatic N) is 1. The van der Waals surface area contributed by atoms with Crippen LogP contribution in [-0.4, -0.2) is 15.7 Å². The first-order chi connectivity index (χ1) is 8.51. The minimum Gasteiger partial charge on any atom is -0.385 e. The van der Waals surface area contributed by atoms with Crippen LogP contribution in [0.2, 0.25) is 0 Å². The van der Waals surface area contributed by atoms with Gasteiger partial charge in [-0.15, -0.1) is 6.58 Å². The summed E-state index contributed by atoms with van der Waals surface area (Å²) >= 11 is 3.49. The van der Waals surface area contributed by atoms with Crippen LogP contribution < -0.4 is 0 Å². The first-order valence-electron chi connectivity index (χ1n) is 6.46. The Hall–Kier alpha value is -0.670. The molecule has 0 bridgehead atoms. The monoisotopic (exact) mass is 309 g/mol. The van der Waals surface area contributed by atoms with E-state index in [9.17, 15) is 5.11 Å². The second-order valence-corrected chi connectivity index (χ2v) is 6.28. The van der Waals surface area contributed by atoms with Crippen molar-refractivity contribution in [2.24, 2.45) is 5.41 Å². The maximum Gasteiger partial charge on any atom is 0.109 e. The van der Waals surface area contributed by atoms with E-state index in [1.807, 2.05) is 6.07 Å². The summed E-state index contributed by atoms with van der Waals surface area (Å²) in [6.07, 6.45) is 8.41. The number of halogens is 1. The zero-order valence-electron chi connectivity index (χ0n) is 10.8. The lowest BCUT2D eigenvalue weighted by Gasteiger charge is -2.47. The molecule has 1 aromatic rings. The Bertz CT molecular complexity index is 448. The summed E-state index contributed by atoms with van der Waals surface area (Å²) in [4.78, 5) is 4.26. The molecule has 0 aliphatic heterocycles. The number of hydrogen-bond acceptors (Lipinski definition) is 2. The number of pyridine rings is 1. The minimum absolute atomic E-state index is 0.154. The fourth-order valence-corrected chi connectivity index (χ4v) is 3.38. The molecule has 0 radical (unpaired) electrons. The smallest absolute Gasteiger partial charge is 0.109 e. The number of aromatic nitrogens is 1. The third kappa shape index (κ3) is 2.39. The lowest BCUT2D eigenvalue weighted by atomic mass is 9.62. The van der Waals surface area contributed by atoms with E-state index in [1.54, 1.807) is 12.3 Å². The molecule has 1 aliphatic rings. The Kier molecular flexibility index (Phi) is 3.93. The summed E-state index contributed by atoms with van der Waals surface area (Å²) in [5.41, 5.74) is 0.237. The molecule has 2 nitrogen and oxygen atoms in total. The van der Waals surface area contributed by atoms with Crippen molar-refractivity contribution in [1.82, 2.24) is 4.98 Å². The molecular weight excluding hydrogens is 290 g/mol. The van der Waals surface area contributed by atoms with Crippen molar-refractivity contribution in [1.29, 1.82) is 0 Å². The van der Waals surface area contributed by atoms with Gasteiger partial charge in [0.15, 0.2) is 0 Å². The van der Waals surface area contributed by atoms with Crippen molar-refractivity contribution in [2.75, 3.05) is 0 Å². The van der Waals surface area contributed by atoms with Crippen molar-refractivity contribution in [3.63, 3.8) is 0 Å². The molecule has 0 aromatic carbocycles. The summed E-state index contributed by atoms with van der Waals surface area (Å²) < 4.78 is 0.878. The van der Waals surface area contributed by atoms with E-state index in [0.717, 1.165) is 35.8 Å². The summed E-state index contributed by atoms with van der Waals surface area (Å²) in [7, 11) is 0. The normalized spacial score (nSPS) is 32.2. The Morgan fingerprint density at radius 1 is 1.50 bits per heavy atom. The third-order valence-electron chi connectivity index (χ3n) is 4.34. The van der Waals surface area contributed by atoms with Crippen LogP contribution in [0.1, 0.15) is 38.2 Å². The highest BCUT2D eigenvalue weighted by Crippen LogP contribution is 2.47. The second kappa shape index (κ2) is 5.14. The molecule has 2 atom stereocenters. The van der Waals surface area contributed by atoms with E-state index in [2.05, 4.69) is 40.5 Å². The highest BCUT2D eigenvalue weighted by Gasteiger charge is 2.46. The second-order valence-electron chi connectivity index (χ2n) is 5.53. The molecule has 1 saturated carbocycles. The van der Waals surface area contributed by atoms with Gasteiger partial charge in [0.05, 0.1) is 5.60 Å². The average Bonchev–Trinajstić information content (AvgIpc) is 2.36. The van der Waals surface area contributed by atoms with Gasteiger partial charge in [0, 0.05) is 11.6 Å². The molecule has 0 spiro atoms. The van der Waals surface area contributed by atoms with E-state index in [0.29, 0.717) is 0 Å². The maximum absolute atomic E-state index is 10.8. The standard InChI is InChI=1S/C15H20BrNO/c1-3-15(18)9-5-4-8-14(15,2)11-12-7-6-10-17-13(12)16/h3,6-7,10,18H,1,4-5,8-9,11H2,2H3/t14-,15+/m0/s1. The highest BCUT2D eigenvalue weighted by molar-refractivity contribution is 9.10. The fraction of sp³-hybridized carbons (Fsp3) is 0.533. The van der Waals surface area contributed by atoms with E-state index in [1.165, 1.54) is 6.42 Å². The molecule has 18 heavy (non-hydrogen) atoms. The van der Waals surface area contributed by atoms with Gasteiger partial charge in [-0.2, -0.15) is 0 Å². The topological polar surface area (TPSA) is 33.1 Å². The summed E-state index contributed by atoms with van der Waals surface area (Å²) in [6.45, 7) is 6.00. The zero-order valence-corrected chi connectivity index (χ0v) is 12.4. The van der Waals surface area contributed by atoms with Crippen LogP contribution in [-0.2, 0) is 6.42 Å². The molecule has 1 aliphatic carbocycles. The van der Waals surface area contributed by atoms with E-state index in [4.69, 9.17) is 0 Å². The molecular formula is C15H20BrNO. The van der Waals surface area contributed by atoms with Crippen LogP contribution in [0.4, 0.5) is 0 Å². The lowest BCUT2D eigenvalue weighted by molar-refractivity contribution is -0.0669. The van der Waals surface area contributed by atoms with Crippen LogP contribution in [0.5, 0.6) is 0 Å². The van der Waals surface area contributed by atoms with Gasteiger partial charge in [0.2, 0.25) is 0 Å². The molecule has 2 rings (SSSR count). The predicted molar refractivity (Wildman–Crippen MR) is 77.4 cm³/mol. The van der Waals surface area contributed by atoms with Crippen LogP contribution in [0.15, 0.2) is 35.6 Å². The molecule has 0 saturated heterocycles.